The molecule has 0 aliphatic carbocycles. The topological polar surface area (TPSA) is 52.1 Å². The second kappa shape index (κ2) is 15.7. The van der Waals surface area contributed by atoms with E-state index in [9.17, 15) is 0 Å². The van der Waals surface area contributed by atoms with Crippen molar-refractivity contribution in [2.45, 2.75) is 45.6 Å². The molecule has 1 unspecified atom stereocenters. The van der Waals surface area contributed by atoms with Gasteiger partial charge in [0.1, 0.15) is 5.75 Å². The molecule has 1 heterocycles. The zero-order valence-corrected chi connectivity index (χ0v) is 21.7. The first-order chi connectivity index (χ1) is 14.2. The van der Waals surface area contributed by atoms with Crippen LogP contribution in [-0.2, 0) is 0 Å². The summed E-state index contributed by atoms with van der Waals surface area (Å²) in [6.45, 7) is 12.0. The molecule has 1 aromatic rings. The first-order valence-electron chi connectivity index (χ1n) is 11.3. The van der Waals surface area contributed by atoms with Crippen LogP contribution in [0.1, 0.15) is 51.1 Å². The van der Waals surface area contributed by atoms with Crippen LogP contribution in [0.3, 0.4) is 0 Å². The summed E-state index contributed by atoms with van der Waals surface area (Å²) in [4.78, 5) is 9.46. The van der Waals surface area contributed by atoms with E-state index in [4.69, 9.17) is 4.74 Å². The number of likely N-dealkylation sites (tertiary alicyclic amines) is 1. The van der Waals surface area contributed by atoms with Gasteiger partial charge in [0.05, 0.1) is 13.2 Å². The maximum Gasteiger partial charge on any atom is 0.191 e. The van der Waals surface area contributed by atoms with Crippen LogP contribution in [-0.4, -0.2) is 75.7 Å². The number of ether oxygens (including phenoxy) is 1. The summed E-state index contributed by atoms with van der Waals surface area (Å²) in [5.74, 6) is 1.81. The van der Waals surface area contributed by atoms with Gasteiger partial charge < -0.3 is 20.3 Å². The normalized spacial score (nSPS) is 15.7. The fraction of sp³-hybridized carbons (Fsp3) is 0.696. The molecular weight excluding hydrogens is 489 g/mol. The fourth-order valence-corrected chi connectivity index (χ4v) is 3.98. The minimum absolute atomic E-state index is 0. The molecule has 0 radical (unpaired) electrons. The van der Waals surface area contributed by atoms with Crippen molar-refractivity contribution in [2.75, 3.05) is 60.0 Å². The second-order valence-electron chi connectivity index (χ2n) is 7.65. The molecule has 1 atom stereocenters. The summed E-state index contributed by atoms with van der Waals surface area (Å²) < 4.78 is 5.44. The monoisotopic (exact) mass is 531 g/mol. The molecule has 0 bridgehead atoms. The Morgan fingerprint density at radius 2 is 1.90 bits per heavy atom. The van der Waals surface area contributed by atoms with Crippen LogP contribution in [0.25, 0.3) is 0 Å². The molecule has 1 aromatic carbocycles. The Morgan fingerprint density at radius 1 is 1.17 bits per heavy atom. The third-order valence-electron chi connectivity index (χ3n) is 5.83. The van der Waals surface area contributed by atoms with Gasteiger partial charge in [0.15, 0.2) is 5.96 Å². The fourth-order valence-electron chi connectivity index (χ4n) is 3.98. The maximum absolute atomic E-state index is 5.44. The minimum atomic E-state index is 0. The van der Waals surface area contributed by atoms with Crippen LogP contribution in [0.15, 0.2) is 29.3 Å². The van der Waals surface area contributed by atoms with Gasteiger partial charge in [-0.2, -0.15) is 0 Å². The standard InChI is InChI=1S/C23H41N5O.HI/c1-5-27(6-2)15-8-7-14-25-23(24-3)26-19-22(28-16-9-10-17-28)20-12-11-13-21(18-20)29-4;/h11-13,18,22H,5-10,14-17,19H2,1-4H3,(H2,24,25,26);1H. The summed E-state index contributed by atoms with van der Waals surface area (Å²) in [5, 5.41) is 7.03. The Bertz CT molecular complexity index is 603. The van der Waals surface area contributed by atoms with E-state index in [-0.39, 0.29) is 24.0 Å². The Kier molecular flexibility index (Phi) is 14.1. The van der Waals surface area contributed by atoms with Gasteiger partial charge in [-0.25, -0.2) is 0 Å². The molecule has 6 nitrogen and oxygen atoms in total. The molecule has 0 spiro atoms. The average Bonchev–Trinajstić information content (AvgIpc) is 3.29. The lowest BCUT2D eigenvalue weighted by atomic mass is 10.1. The van der Waals surface area contributed by atoms with Gasteiger partial charge in [0, 0.05) is 20.1 Å². The highest BCUT2D eigenvalue weighted by atomic mass is 127. The predicted molar refractivity (Wildman–Crippen MR) is 138 cm³/mol. The van der Waals surface area contributed by atoms with E-state index >= 15 is 0 Å². The van der Waals surface area contributed by atoms with Crippen LogP contribution >= 0.6 is 24.0 Å². The van der Waals surface area contributed by atoms with Gasteiger partial charge in [0.25, 0.3) is 0 Å². The zero-order valence-electron chi connectivity index (χ0n) is 19.3. The SMILES string of the molecule is CCN(CC)CCCCNC(=NC)NCC(c1cccc(OC)c1)N1CCCC1.I. The number of halogens is 1. The number of rotatable bonds is 12. The van der Waals surface area contributed by atoms with Gasteiger partial charge in [-0.15, -0.1) is 24.0 Å². The largest absolute Gasteiger partial charge is 0.497 e. The number of aliphatic imine (C=N–C) groups is 1. The number of nitrogens with one attached hydrogen (secondary N) is 2. The quantitative estimate of drug-likeness (QED) is 0.186. The smallest absolute Gasteiger partial charge is 0.191 e. The minimum Gasteiger partial charge on any atom is -0.497 e. The first-order valence-corrected chi connectivity index (χ1v) is 11.3. The van der Waals surface area contributed by atoms with Crippen LogP contribution in [0.2, 0.25) is 0 Å². The van der Waals surface area contributed by atoms with E-state index < -0.39 is 0 Å². The summed E-state index contributed by atoms with van der Waals surface area (Å²) >= 11 is 0. The highest BCUT2D eigenvalue weighted by molar-refractivity contribution is 14.0. The van der Waals surface area contributed by atoms with Crippen LogP contribution in [0.5, 0.6) is 5.75 Å². The molecule has 7 heteroatoms. The second-order valence-corrected chi connectivity index (χ2v) is 7.65. The molecule has 30 heavy (non-hydrogen) atoms. The van der Waals surface area contributed by atoms with Crippen molar-refractivity contribution < 1.29 is 4.74 Å². The van der Waals surface area contributed by atoms with Crippen molar-refractivity contribution in [3.05, 3.63) is 29.8 Å². The van der Waals surface area contributed by atoms with Crippen molar-refractivity contribution in [2.24, 2.45) is 4.99 Å². The number of methoxy groups -OCH3 is 1. The van der Waals surface area contributed by atoms with Crippen molar-refractivity contribution in [3.63, 3.8) is 0 Å². The van der Waals surface area contributed by atoms with E-state index in [1.165, 1.54) is 31.4 Å². The van der Waals surface area contributed by atoms with E-state index in [1.807, 2.05) is 13.1 Å². The molecule has 2 rings (SSSR count). The molecule has 1 aliphatic heterocycles. The van der Waals surface area contributed by atoms with Crippen molar-refractivity contribution in [1.82, 2.24) is 20.4 Å². The highest BCUT2D eigenvalue weighted by Crippen LogP contribution is 2.27. The molecule has 2 N–H and O–H groups in total. The predicted octanol–water partition coefficient (Wildman–Crippen LogP) is 3.74. The number of hydrogen-bond donors (Lipinski definition) is 2. The number of hydrogen-bond acceptors (Lipinski definition) is 4. The average molecular weight is 532 g/mol. The molecule has 0 saturated carbocycles. The molecule has 1 saturated heterocycles. The summed E-state index contributed by atoms with van der Waals surface area (Å²) in [6.07, 6.45) is 4.93. The molecule has 1 aliphatic rings. The number of benzene rings is 1. The lowest BCUT2D eigenvalue weighted by Gasteiger charge is -2.29. The van der Waals surface area contributed by atoms with E-state index in [2.05, 4.69) is 57.5 Å². The Balaban J connectivity index is 0.00000450. The zero-order chi connectivity index (χ0) is 20.9. The van der Waals surface area contributed by atoms with Gasteiger partial charge in [-0.1, -0.05) is 26.0 Å². The summed E-state index contributed by atoms with van der Waals surface area (Å²) in [7, 11) is 3.58. The van der Waals surface area contributed by atoms with E-state index in [0.717, 1.165) is 57.4 Å². The van der Waals surface area contributed by atoms with Gasteiger partial charge in [-0.3, -0.25) is 9.89 Å². The van der Waals surface area contributed by atoms with Gasteiger partial charge in [-0.05, 0) is 76.1 Å². The third kappa shape index (κ3) is 8.98. The van der Waals surface area contributed by atoms with Gasteiger partial charge in [0.2, 0.25) is 0 Å². The molecular formula is C23H42IN5O. The number of guanidine groups is 1. The van der Waals surface area contributed by atoms with Crippen LogP contribution in [0, 0.1) is 0 Å². The highest BCUT2D eigenvalue weighted by Gasteiger charge is 2.24. The molecule has 0 amide bonds. The van der Waals surface area contributed by atoms with Crippen molar-refractivity contribution in [1.29, 1.82) is 0 Å². The van der Waals surface area contributed by atoms with Gasteiger partial charge >= 0.3 is 0 Å². The Labute approximate surface area is 200 Å². The molecule has 0 aromatic heterocycles. The van der Waals surface area contributed by atoms with Crippen molar-refractivity contribution >= 4 is 29.9 Å². The lowest BCUT2D eigenvalue weighted by Crippen LogP contribution is -2.43. The lowest BCUT2D eigenvalue weighted by molar-refractivity contribution is 0.245. The Morgan fingerprint density at radius 3 is 2.53 bits per heavy atom. The van der Waals surface area contributed by atoms with Crippen LogP contribution in [0.4, 0.5) is 0 Å². The number of unbranched alkanes of at least 4 members (excludes halogenated alkanes) is 1. The first kappa shape index (κ1) is 27.0. The van der Waals surface area contributed by atoms with E-state index in [0.29, 0.717) is 6.04 Å². The summed E-state index contributed by atoms with van der Waals surface area (Å²) in [5.41, 5.74) is 1.30. The Hall–Kier alpha value is -1.06. The molecule has 1 fully saturated rings. The molecule has 172 valence electrons. The van der Waals surface area contributed by atoms with Crippen LogP contribution < -0.4 is 15.4 Å². The number of nitrogens with zero attached hydrogens (tertiary/aromatic N) is 3. The third-order valence-corrected chi connectivity index (χ3v) is 5.83. The van der Waals surface area contributed by atoms with Crippen molar-refractivity contribution in [3.8, 4) is 5.75 Å². The van der Waals surface area contributed by atoms with E-state index in [1.54, 1.807) is 7.11 Å². The summed E-state index contributed by atoms with van der Waals surface area (Å²) in [6, 6.07) is 8.79. The maximum atomic E-state index is 5.44.